The molecule has 1 N–H and O–H groups in total. The van der Waals surface area contributed by atoms with Crippen LogP contribution in [0.2, 0.25) is 5.02 Å². The lowest BCUT2D eigenvalue weighted by atomic mass is 9.94. The third-order valence-electron chi connectivity index (χ3n) is 3.47. The molecule has 0 fully saturated rings. The van der Waals surface area contributed by atoms with Crippen molar-refractivity contribution in [2.24, 2.45) is 0 Å². The first-order valence-corrected chi connectivity index (χ1v) is 7.31. The van der Waals surface area contributed by atoms with Gasteiger partial charge in [0.1, 0.15) is 11.9 Å². The highest BCUT2D eigenvalue weighted by molar-refractivity contribution is 6.30. The highest BCUT2D eigenvalue weighted by Crippen LogP contribution is 2.37. The van der Waals surface area contributed by atoms with E-state index in [0.29, 0.717) is 12.1 Å². The summed E-state index contributed by atoms with van der Waals surface area (Å²) in [5.41, 5.74) is 1.21. The summed E-state index contributed by atoms with van der Waals surface area (Å²) in [5, 5.41) is 4.32. The van der Waals surface area contributed by atoms with Crippen LogP contribution in [0.25, 0.3) is 0 Å². The van der Waals surface area contributed by atoms with Crippen LogP contribution in [0.4, 0.5) is 0 Å². The molecule has 18 heavy (non-hydrogen) atoms. The summed E-state index contributed by atoms with van der Waals surface area (Å²) < 4.78 is 6.07. The predicted octanol–water partition coefficient (Wildman–Crippen LogP) is 4.33. The average molecular weight is 268 g/mol. The van der Waals surface area contributed by atoms with Crippen LogP contribution in [-0.2, 0) is 0 Å². The van der Waals surface area contributed by atoms with Gasteiger partial charge >= 0.3 is 0 Å². The Morgan fingerprint density at radius 3 is 2.94 bits per heavy atom. The average Bonchev–Trinajstić information content (AvgIpc) is 2.37. The predicted molar refractivity (Wildman–Crippen MR) is 76.4 cm³/mol. The largest absolute Gasteiger partial charge is 0.490 e. The summed E-state index contributed by atoms with van der Waals surface area (Å²) in [6.45, 7) is 5.33. The molecule has 1 aliphatic rings. The van der Waals surface area contributed by atoms with Crippen LogP contribution in [-0.4, -0.2) is 12.6 Å². The van der Waals surface area contributed by atoms with E-state index in [1.807, 2.05) is 18.2 Å². The van der Waals surface area contributed by atoms with Crippen LogP contribution < -0.4 is 10.1 Å². The Hall–Kier alpha value is -0.730. The van der Waals surface area contributed by atoms with E-state index >= 15 is 0 Å². The standard InChI is InChI=1S/C15H22ClNO/c1-3-5-6-12-10-14(17-4-2)13-9-11(16)7-8-15(13)18-12/h7-9,12,14,17H,3-6,10H2,1-2H3. The number of hydrogen-bond donors (Lipinski definition) is 1. The van der Waals surface area contributed by atoms with Crippen molar-refractivity contribution in [3.63, 3.8) is 0 Å². The molecule has 2 atom stereocenters. The van der Waals surface area contributed by atoms with Crippen LogP contribution in [0, 0.1) is 0 Å². The number of unbranched alkanes of at least 4 members (excludes halogenated alkanes) is 1. The highest BCUT2D eigenvalue weighted by Gasteiger charge is 2.27. The molecule has 2 rings (SSSR count). The topological polar surface area (TPSA) is 21.3 Å². The summed E-state index contributed by atoms with van der Waals surface area (Å²) >= 11 is 6.08. The first-order valence-electron chi connectivity index (χ1n) is 6.94. The quantitative estimate of drug-likeness (QED) is 0.857. The van der Waals surface area contributed by atoms with Crippen molar-refractivity contribution in [3.8, 4) is 5.75 Å². The molecule has 0 spiro atoms. The van der Waals surface area contributed by atoms with Crippen molar-refractivity contribution in [2.45, 2.75) is 51.7 Å². The van der Waals surface area contributed by atoms with Crippen molar-refractivity contribution in [3.05, 3.63) is 28.8 Å². The number of halogens is 1. The molecular formula is C15H22ClNO. The third-order valence-corrected chi connectivity index (χ3v) is 3.70. The number of fused-ring (bicyclic) bond motifs is 1. The zero-order valence-corrected chi connectivity index (χ0v) is 12.0. The highest BCUT2D eigenvalue weighted by atomic mass is 35.5. The summed E-state index contributed by atoms with van der Waals surface area (Å²) in [4.78, 5) is 0. The second-order valence-corrected chi connectivity index (χ2v) is 5.35. The maximum atomic E-state index is 6.08. The molecule has 0 saturated heterocycles. The fraction of sp³-hybridized carbons (Fsp3) is 0.600. The zero-order valence-electron chi connectivity index (χ0n) is 11.2. The van der Waals surface area contributed by atoms with Gasteiger partial charge in [0.25, 0.3) is 0 Å². The minimum Gasteiger partial charge on any atom is -0.490 e. The molecule has 2 unspecified atom stereocenters. The Bertz CT molecular complexity index is 394. The van der Waals surface area contributed by atoms with E-state index < -0.39 is 0 Å². The van der Waals surface area contributed by atoms with Gasteiger partial charge in [0, 0.05) is 23.0 Å². The molecule has 1 aromatic carbocycles. The first-order chi connectivity index (χ1) is 8.74. The van der Waals surface area contributed by atoms with Crippen LogP contribution in [0.15, 0.2) is 18.2 Å². The Morgan fingerprint density at radius 1 is 1.39 bits per heavy atom. The van der Waals surface area contributed by atoms with Crippen LogP contribution in [0.3, 0.4) is 0 Å². The van der Waals surface area contributed by atoms with E-state index in [2.05, 4.69) is 19.2 Å². The van der Waals surface area contributed by atoms with E-state index in [-0.39, 0.29) is 0 Å². The fourth-order valence-electron chi connectivity index (χ4n) is 2.56. The van der Waals surface area contributed by atoms with Gasteiger partial charge in [-0.1, -0.05) is 38.3 Å². The Kier molecular flexibility index (Phi) is 4.90. The molecule has 0 amide bonds. The number of nitrogens with one attached hydrogen (secondary N) is 1. The van der Waals surface area contributed by atoms with Gasteiger partial charge in [0.15, 0.2) is 0 Å². The molecule has 1 aliphatic heterocycles. The minimum atomic E-state index is 0.336. The Morgan fingerprint density at radius 2 is 2.22 bits per heavy atom. The van der Waals surface area contributed by atoms with E-state index in [0.717, 1.165) is 30.2 Å². The van der Waals surface area contributed by atoms with Crippen molar-refractivity contribution in [1.29, 1.82) is 0 Å². The number of hydrogen-bond acceptors (Lipinski definition) is 2. The molecule has 0 saturated carbocycles. The second kappa shape index (κ2) is 6.44. The van der Waals surface area contributed by atoms with Gasteiger partial charge in [-0.2, -0.15) is 0 Å². The summed E-state index contributed by atoms with van der Waals surface area (Å²) in [7, 11) is 0. The van der Waals surface area contributed by atoms with Gasteiger partial charge in [-0.05, 0) is 31.2 Å². The van der Waals surface area contributed by atoms with Crippen LogP contribution >= 0.6 is 11.6 Å². The molecule has 2 nitrogen and oxygen atoms in total. The van der Waals surface area contributed by atoms with Crippen LogP contribution in [0.5, 0.6) is 5.75 Å². The normalized spacial score (nSPS) is 22.4. The summed E-state index contributed by atoms with van der Waals surface area (Å²) in [6.07, 6.45) is 4.97. The smallest absolute Gasteiger partial charge is 0.124 e. The molecular weight excluding hydrogens is 246 g/mol. The van der Waals surface area contributed by atoms with Gasteiger partial charge in [-0.25, -0.2) is 0 Å². The lowest BCUT2D eigenvalue weighted by Crippen LogP contribution is -2.33. The van der Waals surface area contributed by atoms with E-state index in [1.165, 1.54) is 18.4 Å². The maximum absolute atomic E-state index is 6.08. The van der Waals surface area contributed by atoms with Crippen molar-refractivity contribution in [2.75, 3.05) is 6.54 Å². The van der Waals surface area contributed by atoms with E-state index in [4.69, 9.17) is 16.3 Å². The van der Waals surface area contributed by atoms with Crippen molar-refractivity contribution in [1.82, 2.24) is 5.32 Å². The third kappa shape index (κ3) is 3.18. The van der Waals surface area contributed by atoms with Crippen molar-refractivity contribution >= 4 is 11.6 Å². The molecule has 0 bridgehead atoms. The lowest BCUT2D eigenvalue weighted by molar-refractivity contribution is 0.139. The number of rotatable bonds is 5. The van der Waals surface area contributed by atoms with Gasteiger partial charge in [-0.3, -0.25) is 0 Å². The summed E-state index contributed by atoms with van der Waals surface area (Å²) in [5.74, 6) is 0.998. The van der Waals surface area contributed by atoms with E-state index in [9.17, 15) is 0 Å². The molecule has 1 aromatic rings. The van der Waals surface area contributed by atoms with Gasteiger partial charge in [0.2, 0.25) is 0 Å². The number of ether oxygens (including phenoxy) is 1. The van der Waals surface area contributed by atoms with Gasteiger partial charge in [-0.15, -0.1) is 0 Å². The second-order valence-electron chi connectivity index (χ2n) is 4.91. The molecule has 0 aromatic heterocycles. The molecule has 0 radical (unpaired) electrons. The van der Waals surface area contributed by atoms with Crippen LogP contribution in [0.1, 0.15) is 51.1 Å². The SMILES string of the molecule is CCCCC1CC(NCC)c2cc(Cl)ccc2O1. The van der Waals surface area contributed by atoms with E-state index in [1.54, 1.807) is 0 Å². The number of benzene rings is 1. The van der Waals surface area contributed by atoms with Crippen molar-refractivity contribution < 1.29 is 4.74 Å². The monoisotopic (exact) mass is 267 g/mol. The molecule has 0 aliphatic carbocycles. The lowest BCUT2D eigenvalue weighted by Gasteiger charge is -2.33. The first kappa shape index (κ1) is 13.7. The van der Waals surface area contributed by atoms with Gasteiger partial charge < -0.3 is 10.1 Å². The zero-order chi connectivity index (χ0) is 13.0. The Balaban J connectivity index is 2.17. The molecule has 1 heterocycles. The fourth-order valence-corrected chi connectivity index (χ4v) is 2.75. The maximum Gasteiger partial charge on any atom is 0.124 e. The minimum absolute atomic E-state index is 0.336. The summed E-state index contributed by atoms with van der Waals surface area (Å²) in [6, 6.07) is 6.31. The Labute approximate surface area is 115 Å². The molecule has 3 heteroatoms. The molecule has 100 valence electrons. The van der Waals surface area contributed by atoms with Gasteiger partial charge in [0.05, 0.1) is 0 Å².